The van der Waals surface area contributed by atoms with Gasteiger partial charge in [0.1, 0.15) is 0 Å². The van der Waals surface area contributed by atoms with Crippen LogP contribution in [0.3, 0.4) is 0 Å². The molecule has 0 saturated carbocycles. The van der Waals surface area contributed by atoms with Gasteiger partial charge in [-0.15, -0.1) is 0 Å². The molecule has 1 aromatic carbocycles. The van der Waals surface area contributed by atoms with E-state index in [1.165, 1.54) is 27.8 Å². The Kier molecular flexibility index (Phi) is 4.88. The summed E-state index contributed by atoms with van der Waals surface area (Å²) in [6.45, 7) is 8.83. The molecule has 1 unspecified atom stereocenters. The van der Waals surface area contributed by atoms with E-state index in [-0.39, 0.29) is 0 Å². The van der Waals surface area contributed by atoms with Crippen molar-refractivity contribution in [1.82, 2.24) is 5.32 Å². The standard InChI is InChI=1S/C14H23NS/c1-9-8-10(2)12(4)14(11(9)3)13(15-5)6-7-16/h8,13,15-16H,6-7H2,1-5H3. The van der Waals surface area contributed by atoms with Crippen LogP contribution in [-0.4, -0.2) is 12.8 Å². The van der Waals surface area contributed by atoms with E-state index in [0.29, 0.717) is 6.04 Å². The maximum atomic E-state index is 4.34. The molecule has 0 aromatic heterocycles. The van der Waals surface area contributed by atoms with E-state index >= 15 is 0 Å². The largest absolute Gasteiger partial charge is 0.313 e. The Balaban J connectivity index is 3.29. The van der Waals surface area contributed by atoms with Crippen LogP contribution in [0.25, 0.3) is 0 Å². The first-order chi connectivity index (χ1) is 7.52. The fraction of sp³-hybridized carbons (Fsp3) is 0.571. The highest BCUT2D eigenvalue weighted by Crippen LogP contribution is 2.29. The van der Waals surface area contributed by atoms with Crippen molar-refractivity contribution in [3.8, 4) is 0 Å². The molecule has 0 heterocycles. The summed E-state index contributed by atoms with van der Waals surface area (Å²) in [5.74, 6) is 0.914. The number of hydrogen-bond donors (Lipinski definition) is 2. The van der Waals surface area contributed by atoms with Crippen LogP contribution < -0.4 is 5.32 Å². The number of nitrogens with one attached hydrogen (secondary N) is 1. The smallest absolute Gasteiger partial charge is 0.0330 e. The molecule has 0 aliphatic rings. The van der Waals surface area contributed by atoms with Crippen molar-refractivity contribution in [2.45, 2.75) is 40.2 Å². The molecule has 1 nitrogen and oxygen atoms in total. The van der Waals surface area contributed by atoms with E-state index in [9.17, 15) is 0 Å². The Morgan fingerprint density at radius 1 is 1.12 bits per heavy atom. The van der Waals surface area contributed by atoms with E-state index in [0.717, 1.165) is 12.2 Å². The van der Waals surface area contributed by atoms with Gasteiger partial charge in [-0.05, 0) is 74.7 Å². The summed E-state index contributed by atoms with van der Waals surface area (Å²) < 4.78 is 0. The predicted molar refractivity (Wildman–Crippen MR) is 75.7 cm³/mol. The van der Waals surface area contributed by atoms with Gasteiger partial charge >= 0.3 is 0 Å². The van der Waals surface area contributed by atoms with Crippen molar-refractivity contribution in [2.75, 3.05) is 12.8 Å². The Morgan fingerprint density at radius 3 is 2.00 bits per heavy atom. The van der Waals surface area contributed by atoms with Crippen molar-refractivity contribution in [1.29, 1.82) is 0 Å². The second-order valence-corrected chi connectivity index (χ2v) is 4.97. The van der Waals surface area contributed by atoms with Gasteiger partial charge in [0.05, 0.1) is 0 Å². The first-order valence-electron chi connectivity index (χ1n) is 5.88. The Bertz CT molecular complexity index is 345. The molecule has 90 valence electrons. The van der Waals surface area contributed by atoms with Gasteiger partial charge in [-0.1, -0.05) is 6.07 Å². The molecule has 1 aromatic rings. The highest BCUT2D eigenvalue weighted by atomic mass is 32.1. The topological polar surface area (TPSA) is 12.0 Å². The number of hydrogen-bond acceptors (Lipinski definition) is 2. The minimum Gasteiger partial charge on any atom is -0.313 e. The van der Waals surface area contributed by atoms with E-state index in [4.69, 9.17) is 0 Å². The quantitative estimate of drug-likeness (QED) is 0.764. The van der Waals surface area contributed by atoms with Crippen LogP contribution in [0, 0.1) is 27.7 Å². The van der Waals surface area contributed by atoms with E-state index in [2.05, 4.69) is 51.7 Å². The van der Waals surface area contributed by atoms with Crippen LogP contribution in [0.15, 0.2) is 6.07 Å². The summed E-state index contributed by atoms with van der Waals surface area (Å²) in [6, 6.07) is 2.71. The zero-order chi connectivity index (χ0) is 12.3. The highest BCUT2D eigenvalue weighted by molar-refractivity contribution is 7.80. The monoisotopic (exact) mass is 237 g/mol. The second kappa shape index (κ2) is 5.74. The Morgan fingerprint density at radius 2 is 1.62 bits per heavy atom. The summed E-state index contributed by atoms with van der Waals surface area (Å²) >= 11 is 4.34. The summed E-state index contributed by atoms with van der Waals surface area (Å²) in [5, 5.41) is 3.41. The maximum Gasteiger partial charge on any atom is 0.0330 e. The third-order valence-electron chi connectivity index (χ3n) is 3.54. The van der Waals surface area contributed by atoms with Gasteiger partial charge in [0.15, 0.2) is 0 Å². The molecule has 2 heteroatoms. The first kappa shape index (κ1) is 13.6. The van der Waals surface area contributed by atoms with Crippen molar-refractivity contribution in [3.63, 3.8) is 0 Å². The molecular formula is C14H23NS. The van der Waals surface area contributed by atoms with Crippen LogP contribution in [0.1, 0.15) is 40.3 Å². The zero-order valence-electron chi connectivity index (χ0n) is 11.0. The summed E-state index contributed by atoms with van der Waals surface area (Å²) in [5.41, 5.74) is 7.08. The lowest BCUT2D eigenvalue weighted by atomic mass is 9.89. The third-order valence-corrected chi connectivity index (χ3v) is 3.80. The van der Waals surface area contributed by atoms with E-state index in [1.807, 2.05) is 7.05 Å². The molecule has 0 aliphatic heterocycles. The molecule has 1 atom stereocenters. The molecule has 0 radical (unpaired) electrons. The van der Waals surface area contributed by atoms with Crippen molar-refractivity contribution in [3.05, 3.63) is 33.9 Å². The van der Waals surface area contributed by atoms with Crippen LogP contribution >= 0.6 is 12.6 Å². The van der Waals surface area contributed by atoms with Gasteiger partial charge in [-0.3, -0.25) is 0 Å². The summed E-state index contributed by atoms with van der Waals surface area (Å²) in [6.07, 6.45) is 1.07. The molecule has 0 amide bonds. The summed E-state index contributed by atoms with van der Waals surface area (Å²) in [7, 11) is 2.03. The Labute approximate surface area is 105 Å². The normalized spacial score (nSPS) is 12.9. The lowest BCUT2D eigenvalue weighted by Gasteiger charge is -2.23. The molecule has 0 saturated heterocycles. The molecule has 0 fully saturated rings. The van der Waals surface area contributed by atoms with Crippen molar-refractivity contribution in [2.24, 2.45) is 0 Å². The second-order valence-electron chi connectivity index (χ2n) is 4.53. The van der Waals surface area contributed by atoms with Gasteiger partial charge in [0.2, 0.25) is 0 Å². The number of benzene rings is 1. The minimum atomic E-state index is 0.427. The van der Waals surface area contributed by atoms with Crippen LogP contribution in [-0.2, 0) is 0 Å². The van der Waals surface area contributed by atoms with E-state index in [1.54, 1.807) is 0 Å². The average molecular weight is 237 g/mol. The maximum absolute atomic E-state index is 4.34. The predicted octanol–water partition coefficient (Wildman–Crippen LogP) is 3.50. The van der Waals surface area contributed by atoms with Crippen molar-refractivity contribution < 1.29 is 0 Å². The van der Waals surface area contributed by atoms with Gasteiger partial charge in [-0.2, -0.15) is 12.6 Å². The lowest BCUT2D eigenvalue weighted by Crippen LogP contribution is -2.20. The molecule has 0 aliphatic carbocycles. The minimum absolute atomic E-state index is 0.427. The van der Waals surface area contributed by atoms with Crippen LogP contribution in [0.5, 0.6) is 0 Å². The molecule has 0 bridgehead atoms. The van der Waals surface area contributed by atoms with Crippen LogP contribution in [0.2, 0.25) is 0 Å². The fourth-order valence-electron chi connectivity index (χ4n) is 2.33. The zero-order valence-corrected chi connectivity index (χ0v) is 11.9. The highest BCUT2D eigenvalue weighted by Gasteiger charge is 2.16. The Hall–Kier alpha value is -0.470. The number of thiol groups is 1. The number of rotatable bonds is 4. The molecule has 1 rings (SSSR count). The van der Waals surface area contributed by atoms with Gasteiger partial charge in [-0.25, -0.2) is 0 Å². The van der Waals surface area contributed by atoms with Crippen LogP contribution in [0.4, 0.5) is 0 Å². The lowest BCUT2D eigenvalue weighted by molar-refractivity contribution is 0.574. The number of aryl methyl sites for hydroxylation is 2. The van der Waals surface area contributed by atoms with Gasteiger partial charge in [0.25, 0.3) is 0 Å². The first-order valence-corrected chi connectivity index (χ1v) is 6.51. The molecule has 16 heavy (non-hydrogen) atoms. The van der Waals surface area contributed by atoms with E-state index < -0.39 is 0 Å². The van der Waals surface area contributed by atoms with Gasteiger partial charge in [0, 0.05) is 6.04 Å². The van der Waals surface area contributed by atoms with Gasteiger partial charge < -0.3 is 5.32 Å². The summed E-state index contributed by atoms with van der Waals surface area (Å²) in [4.78, 5) is 0. The SMILES string of the molecule is CNC(CCS)c1c(C)c(C)cc(C)c1C. The third kappa shape index (κ3) is 2.61. The molecular weight excluding hydrogens is 214 g/mol. The molecule has 0 spiro atoms. The average Bonchev–Trinajstić information content (AvgIpc) is 2.25. The van der Waals surface area contributed by atoms with Crippen molar-refractivity contribution >= 4 is 12.6 Å². The molecule has 1 N–H and O–H groups in total. The fourth-order valence-corrected chi connectivity index (χ4v) is 2.59.